The molecule has 0 amide bonds. The zero-order valence-corrected chi connectivity index (χ0v) is 5.35. The van der Waals surface area contributed by atoms with Gasteiger partial charge in [-0.25, -0.2) is 0 Å². The minimum absolute atomic E-state index is 0.0810. The van der Waals surface area contributed by atoms with E-state index >= 15 is 0 Å². The summed E-state index contributed by atoms with van der Waals surface area (Å²) in [6.07, 6.45) is 7.29. The number of hydrogen-bond donors (Lipinski definition) is 0. The van der Waals surface area contributed by atoms with Gasteiger partial charge in [-0.1, -0.05) is 11.5 Å². The van der Waals surface area contributed by atoms with Gasteiger partial charge in [0.05, 0.1) is 0 Å². The molecule has 46 valence electrons. The molecule has 0 unspecified atom stereocenters. The fourth-order valence-corrected chi connectivity index (χ4v) is 0.966. The van der Waals surface area contributed by atoms with Gasteiger partial charge in [0.1, 0.15) is 0 Å². The third kappa shape index (κ3) is 1.02. The average Bonchev–Trinajstić information content (AvgIpc) is 2.10. The number of ketones is 1. The highest BCUT2D eigenvalue weighted by atomic mass is 16.1. The van der Waals surface area contributed by atoms with Crippen LogP contribution in [0.3, 0.4) is 0 Å². The minimum Gasteiger partial charge on any atom is -0.295 e. The molecule has 1 aliphatic carbocycles. The van der Waals surface area contributed by atoms with E-state index < -0.39 is 0 Å². The first-order chi connectivity index (χ1) is 4.24. The van der Waals surface area contributed by atoms with Crippen LogP contribution in [0.25, 0.3) is 0 Å². The molecule has 1 aliphatic rings. The Balaban J connectivity index is 2.79. The Bertz CT molecular complexity index is 205. The number of carbonyl (C=O) groups excluding carboxylic acids is 1. The van der Waals surface area contributed by atoms with E-state index in [1.165, 1.54) is 0 Å². The quantitative estimate of drug-likeness (QED) is 0.438. The van der Waals surface area contributed by atoms with Crippen molar-refractivity contribution in [3.8, 4) is 12.3 Å². The van der Waals surface area contributed by atoms with Crippen LogP contribution in [-0.2, 0) is 4.79 Å². The number of rotatable bonds is 0. The van der Waals surface area contributed by atoms with Crippen molar-refractivity contribution in [2.75, 3.05) is 0 Å². The lowest BCUT2D eigenvalue weighted by Gasteiger charge is -1.97. The van der Waals surface area contributed by atoms with Crippen molar-refractivity contribution in [1.29, 1.82) is 0 Å². The molecular formula is C8H8O. The molecule has 0 aromatic heterocycles. The van der Waals surface area contributed by atoms with Crippen molar-refractivity contribution in [2.24, 2.45) is 5.92 Å². The van der Waals surface area contributed by atoms with Crippen molar-refractivity contribution in [3.63, 3.8) is 0 Å². The molecule has 0 fully saturated rings. The molecule has 1 nitrogen and oxygen atoms in total. The summed E-state index contributed by atoms with van der Waals surface area (Å²) >= 11 is 0. The first-order valence-electron chi connectivity index (χ1n) is 2.91. The maximum Gasteiger partial charge on any atom is 0.157 e. The van der Waals surface area contributed by atoms with Crippen LogP contribution in [0.15, 0.2) is 11.6 Å². The highest BCUT2D eigenvalue weighted by Crippen LogP contribution is 2.21. The van der Waals surface area contributed by atoms with Crippen LogP contribution in [0, 0.1) is 18.3 Å². The van der Waals surface area contributed by atoms with Crippen LogP contribution in [0.1, 0.15) is 13.3 Å². The van der Waals surface area contributed by atoms with Gasteiger partial charge in [-0.2, -0.15) is 0 Å². The maximum absolute atomic E-state index is 10.7. The summed E-state index contributed by atoms with van der Waals surface area (Å²) in [4.78, 5) is 10.7. The normalized spacial score (nSPS) is 25.6. The molecule has 1 rings (SSSR count). The Kier molecular flexibility index (Phi) is 1.40. The zero-order chi connectivity index (χ0) is 6.85. The predicted molar refractivity (Wildman–Crippen MR) is 35.7 cm³/mol. The van der Waals surface area contributed by atoms with Crippen molar-refractivity contribution in [1.82, 2.24) is 0 Å². The Morgan fingerprint density at radius 2 is 2.56 bits per heavy atom. The van der Waals surface area contributed by atoms with Crippen LogP contribution < -0.4 is 0 Å². The summed E-state index contributed by atoms with van der Waals surface area (Å²) in [5.74, 6) is 2.80. The second-order valence-electron chi connectivity index (χ2n) is 2.28. The van der Waals surface area contributed by atoms with Gasteiger partial charge in [0.25, 0.3) is 0 Å². The van der Waals surface area contributed by atoms with Gasteiger partial charge in [-0.3, -0.25) is 4.79 Å². The summed E-state index contributed by atoms with van der Waals surface area (Å²) in [5.41, 5.74) is 1.03. The van der Waals surface area contributed by atoms with Crippen molar-refractivity contribution in [2.45, 2.75) is 13.3 Å². The number of hydrogen-bond acceptors (Lipinski definition) is 1. The molecule has 0 aromatic rings. The summed E-state index contributed by atoms with van der Waals surface area (Å²) in [6, 6.07) is 0. The van der Waals surface area contributed by atoms with E-state index in [1.807, 2.05) is 6.92 Å². The third-order valence-electron chi connectivity index (χ3n) is 1.54. The van der Waals surface area contributed by atoms with Crippen LogP contribution in [-0.4, -0.2) is 5.78 Å². The molecule has 0 aliphatic heterocycles. The van der Waals surface area contributed by atoms with E-state index in [0.29, 0.717) is 6.42 Å². The Hall–Kier alpha value is -1.03. The van der Waals surface area contributed by atoms with Crippen molar-refractivity contribution < 1.29 is 4.79 Å². The highest BCUT2D eigenvalue weighted by molar-refractivity contribution is 5.93. The van der Waals surface area contributed by atoms with E-state index in [4.69, 9.17) is 6.42 Å². The number of carbonyl (C=O) groups is 1. The summed E-state index contributed by atoms with van der Waals surface area (Å²) in [7, 11) is 0. The number of terminal acetylenes is 1. The van der Waals surface area contributed by atoms with Gasteiger partial charge in [0.2, 0.25) is 0 Å². The molecule has 9 heavy (non-hydrogen) atoms. The standard InChI is InChI=1S/C8H8O/c1-3-7-5-8(9)4-6(7)2/h1,4,7H,5H2,2H3/t7-/m1/s1. The lowest BCUT2D eigenvalue weighted by molar-refractivity contribution is -0.114. The first kappa shape index (κ1) is 6.10. The van der Waals surface area contributed by atoms with E-state index in [1.54, 1.807) is 6.08 Å². The average molecular weight is 120 g/mol. The molecule has 0 aromatic carbocycles. The monoisotopic (exact) mass is 120 g/mol. The number of allylic oxidation sites excluding steroid dienone is 2. The maximum atomic E-state index is 10.7. The van der Waals surface area contributed by atoms with Crippen LogP contribution >= 0.6 is 0 Å². The van der Waals surface area contributed by atoms with Crippen LogP contribution in [0.2, 0.25) is 0 Å². The molecule has 0 saturated carbocycles. The third-order valence-corrected chi connectivity index (χ3v) is 1.54. The lowest BCUT2D eigenvalue weighted by atomic mass is 10.1. The molecule has 1 heteroatoms. The largest absolute Gasteiger partial charge is 0.295 e. The lowest BCUT2D eigenvalue weighted by Crippen LogP contribution is -1.94. The molecule has 0 saturated heterocycles. The molecule has 0 N–H and O–H groups in total. The van der Waals surface area contributed by atoms with E-state index in [0.717, 1.165) is 5.57 Å². The first-order valence-corrected chi connectivity index (χ1v) is 2.91. The fraction of sp³-hybridized carbons (Fsp3) is 0.375. The van der Waals surface area contributed by atoms with Gasteiger partial charge in [0, 0.05) is 12.3 Å². The summed E-state index contributed by atoms with van der Waals surface area (Å²) < 4.78 is 0. The van der Waals surface area contributed by atoms with E-state index in [2.05, 4.69) is 5.92 Å². The topological polar surface area (TPSA) is 17.1 Å². The van der Waals surface area contributed by atoms with Gasteiger partial charge in [-0.05, 0) is 13.0 Å². The Morgan fingerprint density at radius 1 is 1.89 bits per heavy atom. The van der Waals surface area contributed by atoms with Gasteiger partial charge < -0.3 is 0 Å². The van der Waals surface area contributed by atoms with Crippen LogP contribution in [0.5, 0.6) is 0 Å². The molecule has 0 radical (unpaired) electrons. The SMILES string of the molecule is C#C[C@@H]1CC(=O)C=C1C. The second kappa shape index (κ2) is 2.06. The van der Waals surface area contributed by atoms with Gasteiger partial charge >= 0.3 is 0 Å². The van der Waals surface area contributed by atoms with E-state index in [-0.39, 0.29) is 11.7 Å². The van der Waals surface area contributed by atoms with Gasteiger partial charge in [0.15, 0.2) is 5.78 Å². The summed E-state index contributed by atoms with van der Waals surface area (Å²) in [6.45, 7) is 1.90. The minimum atomic E-state index is 0.0810. The van der Waals surface area contributed by atoms with E-state index in [9.17, 15) is 4.79 Å². The summed E-state index contributed by atoms with van der Waals surface area (Å²) in [5, 5.41) is 0. The van der Waals surface area contributed by atoms with Gasteiger partial charge in [-0.15, -0.1) is 6.42 Å². The molecule has 0 spiro atoms. The highest BCUT2D eigenvalue weighted by Gasteiger charge is 2.18. The molecule has 0 bridgehead atoms. The Morgan fingerprint density at radius 3 is 2.78 bits per heavy atom. The molecule has 1 atom stereocenters. The smallest absolute Gasteiger partial charge is 0.157 e. The zero-order valence-electron chi connectivity index (χ0n) is 5.35. The van der Waals surface area contributed by atoms with Crippen molar-refractivity contribution >= 4 is 5.78 Å². The Labute approximate surface area is 54.8 Å². The van der Waals surface area contributed by atoms with Crippen molar-refractivity contribution in [3.05, 3.63) is 11.6 Å². The fourth-order valence-electron chi connectivity index (χ4n) is 0.966. The predicted octanol–water partition coefficient (Wildman–Crippen LogP) is 1.15. The molecular weight excluding hydrogens is 112 g/mol. The van der Waals surface area contributed by atoms with Crippen LogP contribution in [0.4, 0.5) is 0 Å². The second-order valence-corrected chi connectivity index (χ2v) is 2.28. The molecule has 0 heterocycles.